The quantitative estimate of drug-likeness (QED) is 0.254. The lowest BCUT2D eigenvalue weighted by Gasteiger charge is -2.28. The standard InChI is InChI=1S/C27H26F7NO3/c1-2-5-22(36)16-35(15-19-13-20(26(29,30)31)10-11-25(19)28)21-7-4-8-23(14-21)37-17-18-6-3-9-24(12-18)38-27(32,33)34/h3-4,6-14,22,36H,2,5,15-17H2,1H3. The molecule has 38 heavy (non-hydrogen) atoms. The Bertz CT molecular complexity index is 1200. The van der Waals surface area contributed by atoms with E-state index < -0.39 is 35.8 Å². The van der Waals surface area contributed by atoms with Crippen molar-refractivity contribution >= 4 is 5.69 Å². The topological polar surface area (TPSA) is 41.9 Å². The second-order valence-electron chi connectivity index (χ2n) is 8.61. The van der Waals surface area contributed by atoms with Crippen LogP contribution in [0.4, 0.5) is 36.4 Å². The SMILES string of the molecule is CCCC(O)CN(Cc1cc(C(F)(F)F)ccc1F)c1cccc(OCc2cccc(OC(F)(F)F)c2)c1. The molecular weight excluding hydrogens is 519 g/mol. The molecule has 0 saturated carbocycles. The van der Waals surface area contributed by atoms with Crippen molar-refractivity contribution in [2.45, 2.75) is 51.6 Å². The molecule has 11 heteroatoms. The van der Waals surface area contributed by atoms with Gasteiger partial charge in [0.1, 0.15) is 23.9 Å². The van der Waals surface area contributed by atoms with Crippen LogP contribution in [0, 0.1) is 5.82 Å². The van der Waals surface area contributed by atoms with Gasteiger partial charge in [0.05, 0.1) is 11.7 Å². The molecule has 0 aliphatic heterocycles. The molecule has 3 aromatic carbocycles. The van der Waals surface area contributed by atoms with Gasteiger partial charge in [-0.2, -0.15) is 13.2 Å². The summed E-state index contributed by atoms with van der Waals surface area (Å²) in [5.41, 5.74) is -0.338. The molecule has 0 fully saturated rings. The van der Waals surface area contributed by atoms with E-state index in [1.807, 2.05) is 6.92 Å². The number of benzene rings is 3. The molecular formula is C27H26F7NO3. The fourth-order valence-electron chi connectivity index (χ4n) is 3.79. The van der Waals surface area contributed by atoms with Crippen molar-refractivity contribution < 1.29 is 45.3 Å². The summed E-state index contributed by atoms with van der Waals surface area (Å²) in [6, 6.07) is 13.8. The van der Waals surface area contributed by atoms with Crippen LogP contribution >= 0.6 is 0 Å². The summed E-state index contributed by atoms with van der Waals surface area (Å²) in [5.74, 6) is -0.906. The van der Waals surface area contributed by atoms with Gasteiger partial charge in [0.25, 0.3) is 0 Å². The average molecular weight is 545 g/mol. The normalized spacial score (nSPS) is 12.8. The average Bonchev–Trinajstić information content (AvgIpc) is 2.82. The van der Waals surface area contributed by atoms with Crippen molar-refractivity contribution in [3.05, 3.63) is 89.2 Å². The van der Waals surface area contributed by atoms with Crippen molar-refractivity contribution in [3.8, 4) is 11.5 Å². The number of alkyl halides is 6. The van der Waals surface area contributed by atoms with E-state index in [1.54, 1.807) is 35.2 Å². The molecule has 3 aromatic rings. The van der Waals surface area contributed by atoms with Crippen molar-refractivity contribution in [2.24, 2.45) is 0 Å². The zero-order chi connectivity index (χ0) is 27.9. The summed E-state index contributed by atoms with van der Waals surface area (Å²) in [6.07, 6.45) is -9.22. The number of ether oxygens (including phenoxy) is 2. The molecule has 0 heterocycles. The van der Waals surface area contributed by atoms with E-state index in [0.29, 0.717) is 35.9 Å². The van der Waals surface area contributed by atoms with Crippen LogP contribution < -0.4 is 14.4 Å². The first-order valence-corrected chi connectivity index (χ1v) is 11.7. The van der Waals surface area contributed by atoms with Gasteiger partial charge in [-0.1, -0.05) is 31.5 Å². The van der Waals surface area contributed by atoms with E-state index in [0.717, 1.165) is 18.2 Å². The van der Waals surface area contributed by atoms with Crippen LogP contribution in [0.3, 0.4) is 0 Å². The maximum absolute atomic E-state index is 14.5. The molecule has 0 saturated heterocycles. The van der Waals surface area contributed by atoms with Gasteiger partial charge in [-0.25, -0.2) is 4.39 Å². The maximum atomic E-state index is 14.5. The third-order valence-corrected chi connectivity index (χ3v) is 5.51. The van der Waals surface area contributed by atoms with Gasteiger partial charge in [0, 0.05) is 30.4 Å². The number of halogens is 7. The molecule has 206 valence electrons. The number of nitrogens with zero attached hydrogens (tertiary/aromatic N) is 1. The first kappa shape index (κ1) is 29.1. The zero-order valence-corrected chi connectivity index (χ0v) is 20.3. The molecule has 3 rings (SSSR count). The first-order chi connectivity index (χ1) is 17.8. The van der Waals surface area contributed by atoms with Crippen molar-refractivity contribution in [2.75, 3.05) is 11.4 Å². The van der Waals surface area contributed by atoms with Crippen LogP contribution in [0.5, 0.6) is 11.5 Å². The maximum Gasteiger partial charge on any atom is 0.573 e. The summed E-state index contributed by atoms with van der Waals surface area (Å²) in [5, 5.41) is 10.4. The van der Waals surface area contributed by atoms with Crippen molar-refractivity contribution in [1.29, 1.82) is 0 Å². The Balaban J connectivity index is 1.82. The Labute approximate surface area is 215 Å². The Morgan fingerprint density at radius 2 is 1.61 bits per heavy atom. The zero-order valence-electron chi connectivity index (χ0n) is 20.3. The molecule has 1 unspecified atom stereocenters. The Morgan fingerprint density at radius 1 is 0.895 bits per heavy atom. The fourth-order valence-corrected chi connectivity index (χ4v) is 3.79. The van der Waals surface area contributed by atoms with Crippen LogP contribution in [-0.2, 0) is 19.3 Å². The minimum absolute atomic E-state index is 0.0177. The van der Waals surface area contributed by atoms with E-state index >= 15 is 0 Å². The van der Waals surface area contributed by atoms with E-state index in [-0.39, 0.29) is 25.3 Å². The van der Waals surface area contributed by atoms with Gasteiger partial charge in [0.2, 0.25) is 0 Å². The lowest BCUT2D eigenvalue weighted by Crippen LogP contribution is -2.32. The van der Waals surface area contributed by atoms with Crippen LogP contribution in [0.2, 0.25) is 0 Å². The van der Waals surface area contributed by atoms with Gasteiger partial charge >= 0.3 is 12.5 Å². The number of aliphatic hydroxyl groups is 1. The van der Waals surface area contributed by atoms with Gasteiger partial charge in [-0.15, -0.1) is 13.2 Å². The molecule has 0 radical (unpaired) electrons. The number of hydrogen-bond acceptors (Lipinski definition) is 4. The Morgan fingerprint density at radius 3 is 2.29 bits per heavy atom. The molecule has 0 bridgehead atoms. The van der Waals surface area contributed by atoms with Gasteiger partial charge in [-0.3, -0.25) is 0 Å². The highest BCUT2D eigenvalue weighted by Crippen LogP contribution is 2.32. The number of anilines is 1. The van der Waals surface area contributed by atoms with Crippen LogP contribution in [0.25, 0.3) is 0 Å². The lowest BCUT2D eigenvalue weighted by atomic mass is 10.1. The molecule has 0 spiro atoms. The Hall–Kier alpha value is -3.47. The van der Waals surface area contributed by atoms with Gasteiger partial charge in [-0.05, 0) is 54.4 Å². The van der Waals surface area contributed by atoms with E-state index in [4.69, 9.17) is 4.74 Å². The minimum Gasteiger partial charge on any atom is -0.489 e. The third kappa shape index (κ3) is 8.83. The molecule has 0 aliphatic carbocycles. The molecule has 0 aliphatic rings. The first-order valence-electron chi connectivity index (χ1n) is 11.7. The number of rotatable bonds is 11. The Kier molecular flexibility index (Phi) is 9.48. The fraction of sp³-hybridized carbons (Fsp3) is 0.333. The second-order valence-corrected chi connectivity index (χ2v) is 8.61. The molecule has 0 amide bonds. The monoisotopic (exact) mass is 545 g/mol. The lowest BCUT2D eigenvalue weighted by molar-refractivity contribution is -0.274. The summed E-state index contributed by atoms with van der Waals surface area (Å²) in [7, 11) is 0. The number of aliphatic hydroxyl groups excluding tert-OH is 1. The number of hydrogen-bond donors (Lipinski definition) is 1. The summed E-state index contributed by atoms with van der Waals surface area (Å²) < 4.78 is 101. The van der Waals surface area contributed by atoms with Gasteiger partial charge in [0.15, 0.2) is 0 Å². The molecule has 1 N–H and O–H groups in total. The molecule has 4 nitrogen and oxygen atoms in total. The van der Waals surface area contributed by atoms with Crippen LogP contribution in [0.15, 0.2) is 66.7 Å². The summed E-state index contributed by atoms with van der Waals surface area (Å²) in [4.78, 5) is 1.55. The smallest absolute Gasteiger partial charge is 0.489 e. The highest BCUT2D eigenvalue weighted by atomic mass is 19.4. The van der Waals surface area contributed by atoms with Crippen molar-refractivity contribution in [3.63, 3.8) is 0 Å². The van der Waals surface area contributed by atoms with E-state index in [2.05, 4.69) is 4.74 Å². The highest BCUT2D eigenvalue weighted by molar-refractivity contribution is 5.51. The summed E-state index contributed by atoms with van der Waals surface area (Å²) in [6.45, 7) is 1.53. The van der Waals surface area contributed by atoms with Crippen LogP contribution in [0.1, 0.15) is 36.5 Å². The van der Waals surface area contributed by atoms with Crippen molar-refractivity contribution in [1.82, 2.24) is 0 Å². The highest BCUT2D eigenvalue weighted by Gasteiger charge is 2.32. The molecule has 1 atom stereocenters. The predicted octanol–water partition coefficient (Wildman–Crippen LogP) is 7.49. The minimum atomic E-state index is -4.83. The predicted molar refractivity (Wildman–Crippen MR) is 127 cm³/mol. The second kappa shape index (κ2) is 12.4. The summed E-state index contributed by atoms with van der Waals surface area (Å²) >= 11 is 0. The van der Waals surface area contributed by atoms with Crippen LogP contribution in [-0.4, -0.2) is 24.1 Å². The van der Waals surface area contributed by atoms with E-state index in [1.165, 1.54) is 12.1 Å². The largest absolute Gasteiger partial charge is 0.573 e. The van der Waals surface area contributed by atoms with E-state index in [9.17, 15) is 35.8 Å². The molecule has 0 aromatic heterocycles. The third-order valence-electron chi connectivity index (χ3n) is 5.51. The van der Waals surface area contributed by atoms with Gasteiger partial charge < -0.3 is 19.5 Å².